The number of anilines is 3. The lowest BCUT2D eigenvalue weighted by Crippen LogP contribution is -2.48. The number of para-hydroxylation sites is 1. The zero-order valence-corrected chi connectivity index (χ0v) is 20.0. The second-order valence-electron chi connectivity index (χ2n) is 9.04. The molecule has 5 nitrogen and oxygen atoms in total. The monoisotopic (exact) mass is 492 g/mol. The van der Waals surface area contributed by atoms with Gasteiger partial charge in [0.25, 0.3) is 5.91 Å². The molecule has 1 amide bonds. The van der Waals surface area contributed by atoms with Gasteiger partial charge >= 0.3 is 6.18 Å². The summed E-state index contributed by atoms with van der Waals surface area (Å²) in [7, 11) is 0. The fourth-order valence-electron chi connectivity index (χ4n) is 4.71. The first-order valence-corrected chi connectivity index (χ1v) is 12.1. The van der Waals surface area contributed by atoms with E-state index in [4.69, 9.17) is 4.99 Å². The zero-order chi connectivity index (χ0) is 25.3. The van der Waals surface area contributed by atoms with Gasteiger partial charge in [-0.15, -0.1) is 0 Å². The minimum Gasteiger partial charge on any atom is -0.368 e. The van der Waals surface area contributed by atoms with Crippen LogP contribution in [0.4, 0.5) is 35.9 Å². The van der Waals surface area contributed by atoms with E-state index < -0.39 is 11.7 Å². The topological polar surface area (TPSA) is 47.9 Å². The van der Waals surface area contributed by atoms with Gasteiger partial charge in [-0.1, -0.05) is 37.6 Å². The Kier molecular flexibility index (Phi) is 6.43. The van der Waals surface area contributed by atoms with Crippen molar-refractivity contribution < 1.29 is 18.0 Å². The number of alkyl halides is 3. The van der Waals surface area contributed by atoms with Gasteiger partial charge in [0.1, 0.15) is 0 Å². The summed E-state index contributed by atoms with van der Waals surface area (Å²) in [5.41, 5.74) is 5.02. The summed E-state index contributed by atoms with van der Waals surface area (Å²) in [5.74, 6) is -0.101. The van der Waals surface area contributed by atoms with Gasteiger partial charge in [0, 0.05) is 48.7 Å². The van der Waals surface area contributed by atoms with E-state index in [9.17, 15) is 18.0 Å². The molecule has 0 aromatic heterocycles. The molecule has 8 heteroatoms. The van der Waals surface area contributed by atoms with Crippen molar-refractivity contribution in [3.63, 3.8) is 0 Å². The summed E-state index contributed by atoms with van der Waals surface area (Å²) >= 11 is 0. The molecular formula is C28H27F3N4O. The molecule has 0 spiro atoms. The number of nitrogens with one attached hydrogen (secondary N) is 1. The van der Waals surface area contributed by atoms with Crippen molar-refractivity contribution in [3.8, 4) is 0 Å². The fraction of sp³-hybridized carbons (Fsp3) is 0.286. The van der Waals surface area contributed by atoms with Crippen molar-refractivity contribution in [1.82, 2.24) is 4.90 Å². The van der Waals surface area contributed by atoms with E-state index in [1.807, 2.05) is 35.2 Å². The number of rotatable bonds is 4. The van der Waals surface area contributed by atoms with Crippen LogP contribution < -0.4 is 10.2 Å². The normalized spacial score (nSPS) is 15.4. The average molecular weight is 493 g/mol. The highest BCUT2D eigenvalue weighted by atomic mass is 19.4. The number of nitrogens with zero attached hydrogens (tertiary/aromatic N) is 3. The molecule has 0 aliphatic carbocycles. The van der Waals surface area contributed by atoms with Crippen molar-refractivity contribution in [2.45, 2.75) is 25.9 Å². The maximum absolute atomic E-state index is 13.3. The van der Waals surface area contributed by atoms with E-state index >= 15 is 0 Å². The quantitative estimate of drug-likeness (QED) is 0.444. The van der Waals surface area contributed by atoms with E-state index in [0.717, 1.165) is 47.2 Å². The highest BCUT2D eigenvalue weighted by Gasteiger charge is 2.31. The highest BCUT2D eigenvalue weighted by molar-refractivity contribution is 6.09. The summed E-state index contributed by atoms with van der Waals surface area (Å²) in [6.45, 7) is 3.91. The number of carbonyl (C=O) groups excluding carboxylic acids is 1. The zero-order valence-electron chi connectivity index (χ0n) is 20.0. The third-order valence-electron chi connectivity index (χ3n) is 6.60. The number of piperazine rings is 1. The lowest BCUT2D eigenvalue weighted by molar-refractivity contribution is -0.137. The van der Waals surface area contributed by atoms with Crippen LogP contribution in [0.25, 0.3) is 0 Å². The van der Waals surface area contributed by atoms with Gasteiger partial charge in [-0.05, 0) is 48.9 Å². The highest BCUT2D eigenvalue weighted by Crippen LogP contribution is 2.36. The lowest BCUT2D eigenvalue weighted by Gasteiger charge is -2.36. The van der Waals surface area contributed by atoms with Crippen LogP contribution in [0.1, 0.15) is 41.3 Å². The number of halogens is 3. The predicted molar refractivity (Wildman–Crippen MR) is 137 cm³/mol. The third kappa shape index (κ3) is 4.80. The van der Waals surface area contributed by atoms with Gasteiger partial charge in [-0.2, -0.15) is 13.2 Å². The number of carbonyl (C=O) groups is 1. The molecule has 2 aliphatic heterocycles. The Morgan fingerprint density at radius 3 is 2.47 bits per heavy atom. The molecule has 1 N–H and O–H groups in total. The van der Waals surface area contributed by atoms with Crippen LogP contribution in [-0.2, 0) is 6.18 Å². The summed E-state index contributed by atoms with van der Waals surface area (Å²) < 4.78 is 39.3. The Morgan fingerprint density at radius 1 is 0.944 bits per heavy atom. The molecule has 0 saturated carbocycles. The van der Waals surface area contributed by atoms with Gasteiger partial charge in [-0.3, -0.25) is 9.79 Å². The van der Waals surface area contributed by atoms with Crippen molar-refractivity contribution in [2.75, 3.05) is 36.4 Å². The first-order valence-electron chi connectivity index (χ1n) is 12.1. The number of fused-ring (bicyclic) bond motifs is 2. The second-order valence-corrected chi connectivity index (χ2v) is 9.04. The lowest BCUT2D eigenvalue weighted by atomic mass is 10.0. The SMILES string of the molecule is CCCC1=Nc2cc(C(=O)N3CCN(c4cccc(C(F)(F)F)c4)CC3)ccc2Nc2ccccc21. The predicted octanol–water partition coefficient (Wildman–Crippen LogP) is 6.65. The van der Waals surface area contributed by atoms with Crippen LogP contribution in [0.5, 0.6) is 0 Å². The van der Waals surface area contributed by atoms with Crippen LogP contribution >= 0.6 is 0 Å². The van der Waals surface area contributed by atoms with Crippen molar-refractivity contribution >= 4 is 34.4 Å². The molecule has 5 rings (SSSR count). The molecule has 2 aliphatic rings. The number of hydrogen-bond donors (Lipinski definition) is 1. The summed E-state index contributed by atoms with van der Waals surface area (Å²) in [6.07, 6.45) is -2.60. The van der Waals surface area contributed by atoms with Crippen LogP contribution in [0.2, 0.25) is 0 Å². The van der Waals surface area contributed by atoms with E-state index in [0.29, 0.717) is 37.4 Å². The Morgan fingerprint density at radius 2 is 1.72 bits per heavy atom. The number of benzene rings is 3. The minimum absolute atomic E-state index is 0.101. The molecule has 1 fully saturated rings. The summed E-state index contributed by atoms with van der Waals surface area (Å²) in [5, 5.41) is 3.45. The minimum atomic E-state index is -4.38. The van der Waals surface area contributed by atoms with Gasteiger partial charge in [0.15, 0.2) is 0 Å². The molecular weight excluding hydrogens is 465 g/mol. The van der Waals surface area contributed by atoms with Gasteiger partial charge in [0.2, 0.25) is 0 Å². The molecule has 0 bridgehead atoms. The first-order chi connectivity index (χ1) is 17.3. The van der Waals surface area contributed by atoms with Crippen LogP contribution in [0.3, 0.4) is 0 Å². The van der Waals surface area contributed by atoms with E-state index in [-0.39, 0.29) is 5.91 Å². The molecule has 36 heavy (non-hydrogen) atoms. The largest absolute Gasteiger partial charge is 0.416 e. The molecule has 0 radical (unpaired) electrons. The van der Waals surface area contributed by atoms with Gasteiger partial charge < -0.3 is 15.1 Å². The molecule has 0 unspecified atom stereocenters. The maximum atomic E-state index is 13.3. The van der Waals surface area contributed by atoms with Gasteiger partial charge in [-0.25, -0.2) is 0 Å². The molecule has 3 aromatic rings. The molecule has 1 saturated heterocycles. The van der Waals surface area contributed by atoms with Crippen molar-refractivity contribution in [3.05, 3.63) is 83.4 Å². The Hall–Kier alpha value is -3.81. The smallest absolute Gasteiger partial charge is 0.368 e. The molecule has 2 heterocycles. The van der Waals surface area contributed by atoms with E-state index in [2.05, 4.69) is 18.3 Å². The Labute approximate surface area is 208 Å². The van der Waals surface area contributed by atoms with Crippen molar-refractivity contribution in [1.29, 1.82) is 0 Å². The van der Waals surface area contributed by atoms with E-state index in [1.165, 1.54) is 12.1 Å². The summed E-state index contributed by atoms with van der Waals surface area (Å²) in [6, 6.07) is 18.9. The number of amides is 1. The van der Waals surface area contributed by atoms with Crippen molar-refractivity contribution in [2.24, 2.45) is 4.99 Å². The maximum Gasteiger partial charge on any atom is 0.416 e. The first kappa shape index (κ1) is 23.9. The summed E-state index contributed by atoms with van der Waals surface area (Å²) in [4.78, 5) is 21.9. The van der Waals surface area contributed by atoms with Crippen LogP contribution in [0, 0.1) is 0 Å². The van der Waals surface area contributed by atoms with Crippen LogP contribution in [-0.4, -0.2) is 42.7 Å². The Balaban J connectivity index is 1.33. The number of hydrogen-bond acceptors (Lipinski definition) is 4. The molecule has 186 valence electrons. The standard InChI is InChI=1S/C28H27F3N4O/c1-2-6-23-22-9-3-4-10-24(22)32-25-12-11-19(17-26(25)33-23)27(36)35-15-13-34(14-16-35)21-8-5-7-20(18-21)28(29,30)31/h3-5,7-12,17-18,32H,2,6,13-16H2,1H3. The Bertz CT molecular complexity index is 1310. The second kappa shape index (κ2) is 9.68. The fourth-order valence-corrected chi connectivity index (χ4v) is 4.71. The average Bonchev–Trinajstić information content (AvgIpc) is 3.04. The molecule has 3 aromatic carbocycles. The van der Waals surface area contributed by atoms with E-state index in [1.54, 1.807) is 17.0 Å². The third-order valence-corrected chi connectivity index (χ3v) is 6.60. The van der Waals surface area contributed by atoms with Gasteiger partial charge in [0.05, 0.1) is 22.6 Å². The molecule has 0 atom stereocenters. The number of aliphatic imine (C=N–C) groups is 1. The van der Waals surface area contributed by atoms with Crippen LogP contribution in [0.15, 0.2) is 71.7 Å².